The molecular weight excluding hydrogens is 612 g/mol. The third kappa shape index (κ3) is 8.18. The van der Waals surface area contributed by atoms with Crippen LogP contribution in [0.1, 0.15) is 34.8 Å². The Bertz CT molecular complexity index is 1610. The molecule has 236 valence electrons. The van der Waals surface area contributed by atoms with Gasteiger partial charge in [0.25, 0.3) is 0 Å². The summed E-state index contributed by atoms with van der Waals surface area (Å²) in [6.07, 6.45) is -4.73. The van der Waals surface area contributed by atoms with Crippen LogP contribution in [-0.4, -0.2) is 66.0 Å². The first kappa shape index (κ1) is 34.2. The second kappa shape index (κ2) is 13.5. The number of nitrogens with zero attached hydrogens (tertiary/aromatic N) is 1. The summed E-state index contributed by atoms with van der Waals surface area (Å²) in [6, 6.07) is 17.2. The first-order valence-corrected chi connectivity index (χ1v) is 14.4. The molecule has 0 saturated carbocycles. The Morgan fingerprint density at radius 2 is 1.57 bits per heavy atom. The molecule has 1 fully saturated rings. The van der Waals surface area contributed by atoms with Crippen molar-refractivity contribution in [3.05, 3.63) is 95.3 Å². The highest BCUT2D eigenvalue weighted by molar-refractivity contribution is 7.89. The van der Waals surface area contributed by atoms with Crippen LogP contribution >= 0.6 is 0 Å². The molecule has 0 radical (unpaired) electrons. The molecule has 4 N–H and O–H groups in total. The number of halogens is 4. The number of rotatable bonds is 10. The topological polar surface area (TPSA) is 164 Å². The molecule has 4 rings (SSSR count). The van der Waals surface area contributed by atoms with Crippen LogP contribution in [0.2, 0.25) is 0 Å². The number of benzene rings is 3. The summed E-state index contributed by atoms with van der Waals surface area (Å²) in [5.41, 5.74) is 6.17. The number of carbonyl (C=O) groups is 3. The van der Waals surface area contributed by atoms with Crippen molar-refractivity contribution in [3.63, 3.8) is 0 Å². The van der Waals surface area contributed by atoms with Gasteiger partial charge < -0.3 is 20.7 Å². The smallest absolute Gasteiger partial charge is 0.480 e. The van der Waals surface area contributed by atoms with Gasteiger partial charge in [-0.05, 0) is 66.1 Å². The molecule has 1 saturated heterocycles. The van der Waals surface area contributed by atoms with Crippen molar-refractivity contribution < 1.29 is 55.3 Å². The van der Waals surface area contributed by atoms with Crippen molar-refractivity contribution in [3.8, 4) is 5.75 Å². The van der Waals surface area contributed by atoms with E-state index in [1.54, 1.807) is 55.5 Å². The molecule has 10 nitrogen and oxygen atoms in total. The monoisotopic (exact) mass is 640 g/mol. The molecule has 1 aliphatic rings. The van der Waals surface area contributed by atoms with Gasteiger partial charge in [0.2, 0.25) is 10.0 Å². The van der Waals surface area contributed by atoms with E-state index in [0.717, 1.165) is 0 Å². The van der Waals surface area contributed by atoms with Crippen LogP contribution in [0.4, 0.5) is 17.6 Å². The van der Waals surface area contributed by atoms with E-state index in [-0.39, 0.29) is 30.2 Å². The lowest BCUT2D eigenvalue weighted by Gasteiger charge is -2.48. The fourth-order valence-corrected chi connectivity index (χ4v) is 5.82. The molecule has 0 amide bonds. The SMILES string of the molecule is CCC(=O)c1ccc(OC2(c3ccc(F)cc3)CN(S(=O)(=O)c3cccc(CC(N)C(=O)O)c3)C2)cc1.O=C(O)C(F)(F)F. The van der Waals surface area contributed by atoms with Crippen molar-refractivity contribution >= 4 is 27.7 Å². The fourth-order valence-electron chi connectivity index (χ4n) is 4.21. The summed E-state index contributed by atoms with van der Waals surface area (Å²) >= 11 is 0. The van der Waals surface area contributed by atoms with Gasteiger partial charge in [-0.1, -0.05) is 31.2 Å². The predicted molar refractivity (Wildman–Crippen MR) is 148 cm³/mol. The van der Waals surface area contributed by atoms with Gasteiger partial charge in [-0.25, -0.2) is 17.6 Å². The van der Waals surface area contributed by atoms with Crippen LogP contribution < -0.4 is 10.5 Å². The number of hydrogen-bond donors (Lipinski definition) is 3. The normalized spacial score (nSPS) is 15.2. The number of alkyl halides is 3. The van der Waals surface area contributed by atoms with Gasteiger partial charge in [0, 0.05) is 12.0 Å². The molecular formula is C29H28F4N2O8S. The van der Waals surface area contributed by atoms with E-state index < -0.39 is 45.6 Å². The van der Waals surface area contributed by atoms with E-state index in [2.05, 4.69) is 0 Å². The van der Waals surface area contributed by atoms with Crippen molar-refractivity contribution in [1.29, 1.82) is 0 Å². The number of hydrogen-bond acceptors (Lipinski definition) is 7. The minimum atomic E-state index is -5.08. The van der Waals surface area contributed by atoms with Crippen LogP contribution in [0.15, 0.2) is 77.7 Å². The van der Waals surface area contributed by atoms with Crippen LogP contribution in [0, 0.1) is 5.82 Å². The third-order valence-corrected chi connectivity index (χ3v) is 8.38. The minimum absolute atomic E-state index is 0.00717. The number of ether oxygens (including phenoxy) is 1. The van der Waals surface area contributed by atoms with Crippen molar-refractivity contribution in [2.45, 2.75) is 42.5 Å². The number of carboxylic acid groups (broad SMARTS) is 2. The Balaban J connectivity index is 0.000000676. The Hall–Kier alpha value is -4.34. The molecule has 1 heterocycles. The van der Waals surface area contributed by atoms with Crippen molar-refractivity contribution in [2.75, 3.05) is 13.1 Å². The molecule has 3 aromatic carbocycles. The summed E-state index contributed by atoms with van der Waals surface area (Å²) in [5.74, 6) is -3.93. The van der Waals surface area contributed by atoms with Crippen molar-refractivity contribution in [2.24, 2.45) is 5.73 Å². The second-order valence-corrected chi connectivity index (χ2v) is 11.7. The summed E-state index contributed by atoms with van der Waals surface area (Å²) in [6.45, 7) is 1.71. The minimum Gasteiger partial charge on any atom is -0.480 e. The molecule has 1 atom stereocenters. The maximum absolute atomic E-state index is 13.6. The maximum atomic E-state index is 13.6. The number of nitrogens with two attached hydrogens (primary N) is 1. The first-order chi connectivity index (χ1) is 20.5. The predicted octanol–water partition coefficient (Wildman–Crippen LogP) is 3.98. The molecule has 44 heavy (non-hydrogen) atoms. The highest BCUT2D eigenvalue weighted by Crippen LogP contribution is 2.40. The molecule has 15 heteroatoms. The average molecular weight is 641 g/mol. The van der Waals surface area contributed by atoms with Gasteiger partial charge in [0.1, 0.15) is 17.6 Å². The molecule has 0 aromatic heterocycles. The number of ketones is 1. The van der Waals surface area contributed by atoms with Crippen LogP contribution in [0.3, 0.4) is 0 Å². The Kier molecular flexibility index (Phi) is 10.5. The summed E-state index contributed by atoms with van der Waals surface area (Å²) in [4.78, 5) is 31.9. The third-order valence-electron chi connectivity index (χ3n) is 6.60. The standard InChI is InChI=1S/C27H27FN2O6S.C2HF3O2/c1-2-25(31)19-6-12-22(13-7-19)36-27(20-8-10-21(28)11-9-20)16-30(17-27)37(34,35)23-5-3-4-18(14-23)15-24(29)26(32)33;3-2(4,5)1(6)7/h3-14,24H,2,15-17,29H2,1H3,(H,32,33);(H,6,7). The largest absolute Gasteiger partial charge is 0.490 e. The van der Waals surface area contributed by atoms with E-state index in [1.165, 1.54) is 28.6 Å². The highest BCUT2D eigenvalue weighted by atomic mass is 32.2. The van der Waals surface area contributed by atoms with Gasteiger partial charge in [0.15, 0.2) is 11.4 Å². The number of carboxylic acids is 2. The summed E-state index contributed by atoms with van der Waals surface area (Å²) in [7, 11) is -3.94. The van der Waals surface area contributed by atoms with Gasteiger partial charge in [-0.3, -0.25) is 9.59 Å². The zero-order valence-corrected chi connectivity index (χ0v) is 23.9. The summed E-state index contributed by atoms with van der Waals surface area (Å²) in [5, 5.41) is 16.2. The number of aliphatic carboxylic acids is 2. The molecule has 0 bridgehead atoms. The van der Waals surface area contributed by atoms with Gasteiger partial charge >= 0.3 is 18.1 Å². The zero-order chi connectivity index (χ0) is 32.9. The molecule has 1 unspecified atom stereocenters. The number of Topliss-reactive ketones (excluding diaryl/α,β-unsaturated/α-hetero) is 1. The molecule has 0 aliphatic carbocycles. The van der Waals surface area contributed by atoms with Gasteiger partial charge in [-0.2, -0.15) is 17.5 Å². The average Bonchev–Trinajstić information content (AvgIpc) is 2.95. The van der Waals surface area contributed by atoms with Gasteiger partial charge in [0.05, 0.1) is 18.0 Å². The lowest BCUT2D eigenvalue weighted by atomic mass is 9.87. The van der Waals surface area contributed by atoms with Gasteiger partial charge in [-0.15, -0.1) is 0 Å². The maximum Gasteiger partial charge on any atom is 0.490 e. The highest BCUT2D eigenvalue weighted by Gasteiger charge is 2.52. The van der Waals surface area contributed by atoms with Crippen LogP contribution in [-0.2, 0) is 31.6 Å². The first-order valence-electron chi connectivity index (χ1n) is 12.9. The van der Waals surface area contributed by atoms with E-state index >= 15 is 0 Å². The Labute approximate surface area is 249 Å². The zero-order valence-electron chi connectivity index (χ0n) is 23.1. The second-order valence-electron chi connectivity index (χ2n) is 9.78. The molecule has 3 aromatic rings. The number of carbonyl (C=O) groups excluding carboxylic acids is 1. The lowest BCUT2D eigenvalue weighted by molar-refractivity contribution is -0.192. The van der Waals surface area contributed by atoms with Crippen molar-refractivity contribution in [1.82, 2.24) is 4.31 Å². The van der Waals surface area contributed by atoms with Crippen LogP contribution in [0.25, 0.3) is 0 Å². The van der Waals surface area contributed by atoms with E-state index in [1.807, 2.05) is 0 Å². The Morgan fingerprint density at radius 3 is 2.07 bits per heavy atom. The quantitative estimate of drug-likeness (QED) is 0.220. The van der Waals surface area contributed by atoms with E-state index in [4.69, 9.17) is 25.5 Å². The van der Waals surface area contributed by atoms with E-state index in [0.29, 0.717) is 28.9 Å². The summed E-state index contributed by atoms with van der Waals surface area (Å²) < 4.78 is 79.7. The van der Waals surface area contributed by atoms with Crippen LogP contribution in [0.5, 0.6) is 5.75 Å². The lowest BCUT2D eigenvalue weighted by Crippen LogP contribution is -2.64. The Morgan fingerprint density at radius 1 is 1.00 bits per heavy atom. The molecule has 1 aliphatic heterocycles. The fraction of sp³-hybridized carbons (Fsp3) is 0.276. The molecule has 0 spiro atoms. The number of sulfonamides is 1. The van der Waals surface area contributed by atoms with E-state index in [9.17, 15) is 35.6 Å².